The SMILES string of the molecule is CN(Cc1ccc(Br)cc1[N+](=O)[O-])CC(C)(C)CN. The zero-order chi connectivity index (χ0) is 14.6. The van der Waals surface area contributed by atoms with Gasteiger partial charge >= 0.3 is 0 Å². The van der Waals surface area contributed by atoms with Gasteiger partial charge in [0.05, 0.1) is 4.92 Å². The summed E-state index contributed by atoms with van der Waals surface area (Å²) >= 11 is 3.26. The Bertz CT molecular complexity index is 463. The molecule has 19 heavy (non-hydrogen) atoms. The molecule has 0 saturated carbocycles. The molecule has 0 spiro atoms. The van der Waals surface area contributed by atoms with E-state index in [0.29, 0.717) is 23.1 Å². The number of nitro benzene ring substituents is 1. The maximum absolute atomic E-state index is 11.0. The summed E-state index contributed by atoms with van der Waals surface area (Å²) in [5.41, 5.74) is 6.56. The molecule has 106 valence electrons. The lowest BCUT2D eigenvalue weighted by Crippen LogP contribution is -2.36. The molecular weight excluding hydrogens is 310 g/mol. The minimum absolute atomic E-state index is 0.00110. The van der Waals surface area contributed by atoms with E-state index >= 15 is 0 Å². The molecule has 1 aromatic carbocycles. The number of hydrogen-bond acceptors (Lipinski definition) is 4. The Morgan fingerprint density at radius 2 is 2.11 bits per heavy atom. The number of nitro groups is 1. The van der Waals surface area contributed by atoms with Crippen LogP contribution in [0.3, 0.4) is 0 Å². The van der Waals surface area contributed by atoms with Gasteiger partial charge in [-0.1, -0.05) is 29.8 Å². The molecule has 0 amide bonds. The van der Waals surface area contributed by atoms with Crippen LogP contribution in [0.15, 0.2) is 22.7 Å². The minimum Gasteiger partial charge on any atom is -0.330 e. The molecule has 0 aromatic heterocycles. The Morgan fingerprint density at radius 3 is 2.63 bits per heavy atom. The van der Waals surface area contributed by atoms with Gasteiger partial charge in [0.1, 0.15) is 0 Å². The molecule has 1 aromatic rings. The Kier molecular flexibility index (Phi) is 5.46. The van der Waals surface area contributed by atoms with Gasteiger partial charge in [0.15, 0.2) is 0 Å². The van der Waals surface area contributed by atoms with Gasteiger partial charge in [0, 0.05) is 29.2 Å². The zero-order valence-corrected chi connectivity index (χ0v) is 13.1. The Labute approximate surface area is 122 Å². The summed E-state index contributed by atoms with van der Waals surface area (Å²) in [7, 11) is 1.95. The maximum atomic E-state index is 11.0. The fourth-order valence-electron chi connectivity index (χ4n) is 1.98. The lowest BCUT2D eigenvalue weighted by atomic mass is 9.93. The lowest BCUT2D eigenvalue weighted by Gasteiger charge is -2.28. The van der Waals surface area contributed by atoms with Crippen molar-refractivity contribution in [1.82, 2.24) is 4.90 Å². The van der Waals surface area contributed by atoms with E-state index in [-0.39, 0.29) is 16.0 Å². The van der Waals surface area contributed by atoms with E-state index in [9.17, 15) is 10.1 Å². The zero-order valence-electron chi connectivity index (χ0n) is 11.5. The van der Waals surface area contributed by atoms with Crippen molar-refractivity contribution in [2.24, 2.45) is 11.1 Å². The first-order valence-corrected chi connectivity index (χ1v) is 6.86. The molecule has 0 atom stereocenters. The van der Waals surface area contributed by atoms with Gasteiger partial charge in [-0.05, 0) is 31.1 Å². The van der Waals surface area contributed by atoms with Gasteiger partial charge in [-0.15, -0.1) is 0 Å². The van der Waals surface area contributed by atoms with Crippen LogP contribution in [-0.2, 0) is 6.54 Å². The number of nitrogens with two attached hydrogens (primary N) is 1. The van der Waals surface area contributed by atoms with Gasteiger partial charge in [-0.2, -0.15) is 0 Å². The van der Waals surface area contributed by atoms with E-state index in [2.05, 4.69) is 34.7 Å². The molecule has 0 saturated heterocycles. The Hall–Kier alpha value is -0.980. The highest BCUT2D eigenvalue weighted by Crippen LogP contribution is 2.25. The van der Waals surface area contributed by atoms with Crippen LogP contribution in [0.5, 0.6) is 0 Å². The highest BCUT2D eigenvalue weighted by Gasteiger charge is 2.21. The summed E-state index contributed by atoms with van der Waals surface area (Å²) in [5.74, 6) is 0. The van der Waals surface area contributed by atoms with Crippen molar-refractivity contribution < 1.29 is 4.92 Å². The van der Waals surface area contributed by atoms with Gasteiger partial charge in [0.25, 0.3) is 5.69 Å². The minimum atomic E-state index is -0.345. The second kappa shape index (κ2) is 6.45. The van der Waals surface area contributed by atoms with Crippen molar-refractivity contribution in [1.29, 1.82) is 0 Å². The molecule has 0 bridgehead atoms. The van der Waals surface area contributed by atoms with Crippen molar-refractivity contribution in [2.45, 2.75) is 20.4 Å². The van der Waals surface area contributed by atoms with Crippen molar-refractivity contribution in [2.75, 3.05) is 20.1 Å². The third-order valence-electron chi connectivity index (χ3n) is 2.93. The summed E-state index contributed by atoms with van der Waals surface area (Å²) in [6.45, 7) is 6.07. The summed E-state index contributed by atoms with van der Waals surface area (Å²) in [6, 6.07) is 5.15. The predicted molar refractivity (Wildman–Crippen MR) is 80.0 cm³/mol. The van der Waals surface area contributed by atoms with Crippen molar-refractivity contribution in [3.05, 3.63) is 38.3 Å². The lowest BCUT2D eigenvalue weighted by molar-refractivity contribution is -0.385. The van der Waals surface area contributed by atoms with Crippen molar-refractivity contribution in [3.8, 4) is 0 Å². The van der Waals surface area contributed by atoms with E-state index in [0.717, 1.165) is 6.54 Å². The third kappa shape index (κ3) is 4.89. The molecule has 0 unspecified atom stereocenters. The van der Waals surface area contributed by atoms with Crippen LogP contribution in [0.25, 0.3) is 0 Å². The molecule has 6 heteroatoms. The predicted octanol–water partition coefficient (Wildman–Crippen LogP) is 2.77. The number of nitrogens with zero attached hydrogens (tertiary/aromatic N) is 2. The first-order chi connectivity index (χ1) is 8.75. The fourth-order valence-corrected chi connectivity index (χ4v) is 2.33. The first kappa shape index (κ1) is 16.1. The van der Waals surface area contributed by atoms with E-state index in [1.807, 2.05) is 13.1 Å². The van der Waals surface area contributed by atoms with Crippen LogP contribution in [-0.4, -0.2) is 30.0 Å². The third-order valence-corrected chi connectivity index (χ3v) is 3.43. The van der Waals surface area contributed by atoms with Crippen molar-refractivity contribution in [3.63, 3.8) is 0 Å². The largest absolute Gasteiger partial charge is 0.330 e. The van der Waals surface area contributed by atoms with Crippen LogP contribution in [0, 0.1) is 15.5 Å². The second-order valence-electron chi connectivity index (χ2n) is 5.57. The summed E-state index contributed by atoms with van der Waals surface area (Å²) < 4.78 is 0.716. The van der Waals surface area contributed by atoms with Crippen LogP contribution in [0.1, 0.15) is 19.4 Å². The molecule has 0 radical (unpaired) electrons. The van der Waals surface area contributed by atoms with E-state index in [4.69, 9.17) is 5.73 Å². The summed E-state index contributed by atoms with van der Waals surface area (Å²) in [5, 5.41) is 11.0. The molecular formula is C13H20BrN3O2. The van der Waals surface area contributed by atoms with Crippen LogP contribution >= 0.6 is 15.9 Å². The second-order valence-corrected chi connectivity index (χ2v) is 6.49. The maximum Gasteiger partial charge on any atom is 0.275 e. The highest BCUT2D eigenvalue weighted by molar-refractivity contribution is 9.10. The average Bonchev–Trinajstić information content (AvgIpc) is 2.30. The van der Waals surface area contributed by atoms with E-state index < -0.39 is 0 Å². The van der Waals surface area contributed by atoms with Crippen LogP contribution in [0.2, 0.25) is 0 Å². The summed E-state index contributed by atoms with van der Waals surface area (Å²) in [4.78, 5) is 12.8. The molecule has 2 N–H and O–H groups in total. The van der Waals surface area contributed by atoms with Gasteiger partial charge in [-0.25, -0.2) is 0 Å². The average molecular weight is 330 g/mol. The normalized spacial score (nSPS) is 11.9. The molecule has 0 aliphatic rings. The van der Waals surface area contributed by atoms with Gasteiger partial charge in [-0.3, -0.25) is 10.1 Å². The van der Waals surface area contributed by atoms with Crippen molar-refractivity contribution >= 4 is 21.6 Å². The number of hydrogen-bond donors (Lipinski definition) is 1. The molecule has 0 fully saturated rings. The monoisotopic (exact) mass is 329 g/mol. The number of halogens is 1. The van der Waals surface area contributed by atoms with Gasteiger partial charge < -0.3 is 10.6 Å². The highest BCUT2D eigenvalue weighted by atomic mass is 79.9. The number of benzene rings is 1. The fraction of sp³-hybridized carbons (Fsp3) is 0.538. The quantitative estimate of drug-likeness (QED) is 0.643. The van der Waals surface area contributed by atoms with Crippen LogP contribution in [0.4, 0.5) is 5.69 Å². The Balaban J connectivity index is 2.85. The van der Waals surface area contributed by atoms with E-state index in [1.165, 1.54) is 6.07 Å². The Morgan fingerprint density at radius 1 is 1.47 bits per heavy atom. The van der Waals surface area contributed by atoms with Crippen LogP contribution < -0.4 is 5.73 Å². The first-order valence-electron chi connectivity index (χ1n) is 6.06. The molecule has 0 heterocycles. The topological polar surface area (TPSA) is 72.4 Å². The molecule has 0 aliphatic heterocycles. The standard InChI is InChI=1S/C13H20BrN3O2/c1-13(2,8-15)9-16(3)7-10-4-5-11(14)6-12(10)17(18)19/h4-6H,7-9,15H2,1-3H3. The van der Waals surface area contributed by atoms with Gasteiger partial charge in [0.2, 0.25) is 0 Å². The molecule has 5 nitrogen and oxygen atoms in total. The smallest absolute Gasteiger partial charge is 0.275 e. The molecule has 0 aliphatic carbocycles. The van der Waals surface area contributed by atoms with E-state index in [1.54, 1.807) is 6.07 Å². The molecule has 1 rings (SSSR count). The number of rotatable bonds is 6. The summed E-state index contributed by atoms with van der Waals surface area (Å²) in [6.07, 6.45) is 0.